The van der Waals surface area contributed by atoms with Crippen molar-refractivity contribution >= 4 is 11.9 Å². The molecule has 0 aliphatic heterocycles. The molecule has 0 aliphatic rings. The van der Waals surface area contributed by atoms with E-state index in [0.29, 0.717) is 13.1 Å². The first-order valence-electron chi connectivity index (χ1n) is 19.2. The predicted octanol–water partition coefficient (Wildman–Crippen LogP) is 8.30. The monoisotopic (exact) mass is 683 g/mol. The van der Waals surface area contributed by atoms with Crippen LogP contribution >= 0.6 is 0 Å². The van der Waals surface area contributed by atoms with E-state index in [1.165, 1.54) is 154 Å². The normalized spacial score (nSPS) is 11.0. The second kappa shape index (κ2) is 41.4. The van der Waals surface area contributed by atoms with Crippen molar-refractivity contribution in [2.75, 3.05) is 39.3 Å². The summed E-state index contributed by atoms with van der Waals surface area (Å²) in [5.74, 6) is -1.84. The Morgan fingerprint density at radius 2 is 0.556 bits per heavy atom. The molecule has 0 unspecified atom stereocenters. The van der Waals surface area contributed by atoms with Crippen LogP contribution in [0.1, 0.15) is 195 Å². The Labute approximate surface area is 291 Å². The van der Waals surface area contributed by atoms with Crippen LogP contribution < -0.4 is 10.2 Å². The molecule has 0 radical (unpaired) electrons. The number of nitrogens with zero attached hydrogens (tertiary/aromatic N) is 2. The van der Waals surface area contributed by atoms with E-state index < -0.39 is 11.9 Å². The molecule has 0 bridgehead atoms. The van der Waals surface area contributed by atoms with Gasteiger partial charge in [-0.1, -0.05) is 156 Å². The fraction of sp³-hybridized carbons (Fsp3) is 0.947. The van der Waals surface area contributed by atoms with Crippen molar-refractivity contribution in [3.8, 4) is 0 Å². The van der Waals surface area contributed by atoms with E-state index in [9.17, 15) is 19.8 Å². The van der Waals surface area contributed by atoms with Gasteiger partial charge in [0.1, 0.15) is 0 Å². The summed E-state index contributed by atoms with van der Waals surface area (Å²) in [7, 11) is 0. The van der Waals surface area contributed by atoms with Crippen molar-refractivity contribution in [1.29, 1.82) is 0 Å². The minimum Gasteiger partial charge on any atom is -0.550 e. The summed E-state index contributed by atoms with van der Waals surface area (Å²) in [6.45, 7) is 14.5. The average Bonchev–Trinajstić information content (AvgIpc) is 3.00. The van der Waals surface area contributed by atoms with Gasteiger partial charge in [0, 0.05) is 25.0 Å². The van der Waals surface area contributed by atoms with Gasteiger partial charge in [-0.3, -0.25) is 0 Å². The molecular weight excluding hydrogens is 607 g/mol. The van der Waals surface area contributed by atoms with Gasteiger partial charge >= 0.3 is 16.5 Å². The van der Waals surface area contributed by atoms with Gasteiger partial charge in [0.25, 0.3) is 0 Å². The van der Waals surface area contributed by atoms with Crippen molar-refractivity contribution < 1.29 is 36.3 Å². The van der Waals surface area contributed by atoms with Gasteiger partial charge in [-0.05, 0) is 64.7 Å². The van der Waals surface area contributed by atoms with Crippen molar-refractivity contribution in [3.63, 3.8) is 0 Å². The topological polar surface area (TPSA) is 86.7 Å². The Morgan fingerprint density at radius 1 is 0.356 bits per heavy atom. The van der Waals surface area contributed by atoms with E-state index >= 15 is 0 Å². The molecule has 7 heteroatoms. The van der Waals surface area contributed by atoms with E-state index in [0.717, 1.165) is 26.2 Å². The first-order valence-corrected chi connectivity index (χ1v) is 19.2. The van der Waals surface area contributed by atoms with E-state index in [1.54, 1.807) is 0 Å². The molecule has 0 aromatic rings. The van der Waals surface area contributed by atoms with Gasteiger partial charge in [-0.25, -0.2) is 0 Å². The van der Waals surface area contributed by atoms with Crippen molar-refractivity contribution in [3.05, 3.63) is 0 Å². The van der Waals surface area contributed by atoms with Gasteiger partial charge in [0.2, 0.25) is 0 Å². The zero-order chi connectivity index (χ0) is 32.9. The predicted molar refractivity (Wildman–Crippen MR) is 186 cm³/mol. The molecule has 0 N–H and O–H groups in total. The van der Waals surface area contributed by atoms with Gasteiger partial charge in [-0.2, -0.15) is 0 Å². The second-order valence-electron chi connectivity index (χ2n) is 13.0. The van der Waals surface area contributed by atoms with E-state index in [4.69, 9.17) is 0 Å². The van der Waals surface area contributed by atoms with Crippen LogP contribution in [-0.2, 0) is 26.1 Å². The second-order valence-corrected chi connectivity index (χ2v) is 13.0. The van der Waals surface area contributed by atoms with Crippen LogP contribution in [0.2, 0.25) is 0 Å². The molecule has 0 spiro atoms. The van der Waals surface area contributed by atoms with Gasteiger partial charge < -0.3 is 29.6 Å². The standard InChI is InChI=1S/2C19H39NO2.Ni/c2*1-3-5-7-9-11-13-16-20(18-15-19(21)22)17-14-12-10-8-6-4-2;/h2*3-18H2,1-2H3,(H,21,22);/q;;+2/p-2. The zero-order valence-electron chi connectivity index (χ0n) is 30.5. The number of carbonyl (C=O) groups is 2. The fourth-order valence-corrected chi connectivity index (χ4v) is 5.63. The molecule has 0 atom stereocenters. The molecule has 0 saturated heterocycles. The Morgan fingerprint density at radius 3 is 0.756 bits per heavy atom. The van der Waals surface area contributed by atoms with E-state index in [-0.39, 0.29) is 29.3 Å². The summed E-state index contributed by atoms with van der Waals surface area (Å²) in [6, 6.07) is 0. The molecule has 0 amide bonds. The molecule has 0 aromatic carbocycles. The van der Waals surface area contributed by atoms with Crippen LogP contribution in [0, 0.1) is 0 Å². The van der Waals surface area contributed by atoms with Crippen molar-refractivity contribution in [1.82, 2.24) is 9.80 Å². The molecule has 0 fully saturated rings. The number of aliphatic carboxylic acids is 2. The molecule has 6 nitrogen and oxygen atoms in total. The van der Waals surface area contributed by atoms with Crippen LogP contribution in [0.25, 0.3) is 0 Å². The Kier molecular flexibility index (Phi) is 44.8. The smallest absolute Gasteiger partial charge is 0.550 e. The summed E-state index contributed by atoms with van der Waals surface area (Å²) in [4.78, 5) is 26.0. The average molecular weight is 684 g/mol. The first kappa shape index (κ1) is 48.7. The van der Waals surface area contributed by atoms with Crippen molar-refractivity contribution in [2.45, 2.75) is 195 Å². The van der Waals surface area contributed by atoms with Crippen molar-refractivity contribution in [2.24, 2.45) is 0 Å². The van der Waals surface area contributed by atoms with Gasteiger partial charge in [-0.15, -0.1) is 0 Å². The first-order chi connectivity index (χ1) is 21.4. The molecule has 0 aromatic heterocycles. The summed E-state index contributed by atoms with van der Waals surface area (Å²) in [6.07, 6.45) is 31.4. The van der Waals surface area contributed by atoms with Crippen LogP contribution in [0.15, 0.2) is 0 Å². The summed E-state index contributed by atoms with van der Waals surface area (Å²) in [5, 5.41) is 21.3. The molecule has 0 aliphatic carbocycles. The SMILES string of the molecule is CCCCCCCCN(CCCCCCCC)CCC(=O)[O-].CCCCCCCCN(CCCCCCCC)CCC(=O)[O-].[Ni+2]. The Balaban J connectivity index is -0.000000767. The van der Waals surface area contributed by atoms with Gasteiger partial charge in [0.15, 0.2) is 0 Å². The molecular formula is C38H76N2NiO4. The fourth-order valence-electron chi connectivity index (χ4n) is 5.63. The number of hydrogen-bond donors (Lipinski definition) is 0. The van der Waals surface area contributed by atoms with E-state index in [1.807, 2.05) is 0 Å². The van der Waals surface area contributed by atoms with Crippen LogP contribution in [0.3, 0.4) is 0 Å². The maximum Gasteiger partial charge on any atom is 2.00 e. The quantitative estimate of drug-likeness (QED) is 0.0501. The minimum atomic E-state index is -0.920. The van der Waals surface area contributed by atoms with E-state index in [2.05, 4.69) is 37.5 Å². The molecule has 0 heterocycles. The molecule has 45 heavy (non-hydrogen) atoms. The summed E-state index contributed by atoms with van der Waals surface area (Å²) >= 11 is 0. The number of carbonyl (C=O) groups excluding carboxylic acids is 2. The largest absolute Gasteiger partial charge is 2.00 e. The number of unbranched alkanes of at least 4 members (excludes halogenated alkanes) is 20. The summed E-state index contributed by atoms with van der Waals surface area (Å²) in [5.41, 5.74) is 0. The number of carboxylic acid groups (broad SMARTS) is 2. The number of carboxylic acids is 2. The third-order valence-corrected chi connectivity index (χ3v) is 8.58. The van der Waals surface area contributed by atoms with Crippen LogP contribution in [0.5, 0.6) is 0 Å². The molecule has 272 valence electrons. The number of hydrogen-bond acceptors (Lipinski definition) is 6. The zero-order valence-corrected chi connectivity index (χ0v) is 31.5. The molecule has 0 rings (SSSR count). The summed E-state index contributed by atoms with van der Waals surface area (Å²) < 4.78 is 0. The maximum atomic E-state index is 10.7. The maximum absolute atomic E-state index is 10.7. The third kappa shape index (κ3) is 43.4. The Bertz CT molecular complexity index is 512. The van der Waals surface area contributed by atoms with Gasteiger partial charge in [0.05, 0.1) is 0 Å². The third-order valence-electron chi connectivity index (χ3n) is 8.58. The molecule has 0 saturated carbocycles. The number of rotatable bonds is 34. The van der Waals surface area contributed by atoms with Crippen LogP contribution in [-0.4, -0.2) is 61.0 Å². The Hall–Kier alpha value is -0.646. The minimum absolute atomic E-state index is 0. The van der Waals surface area contributed by atoms with Crippen LogP contribution in [0.4, 0.5) is 0 Å².